The molecule has 0 bridgehead atoms. The minimum Gasteiger partial charge on any atom is -0.497 e. The van der Waals surface area contributed by atoms with Gasteiger partial charge in [-0.15, -0.1) is 0 Å². The largest absolute Gasteiger partial charge is 0.497 e. The SMILES string of the molecule is COc1ccc(OC)c(CN(CCO)C2CCC2)c1. The van der Waals surface area contributed by atoms with Gasteiger partial charge in [0.25, 0.3) is 0 Å². The molecule has 1 aromatic carbocycles. The normalized spacial score (nSPS) is 15.4. The monoisotopic (exact) mass is 265 g/mol. The summed E-state index contributed by atoms with van der Waals surface area (Å²) in [5, 5.41) is 9.21. The molecule has 1 aliphatic rings. The molecule has 0 amide bonds. The molecule has 19 heavy (non-hydrogen) atoms. The summed E-state index contributed by atoms with van der Waals surface area (Å²) in [6.45, 7) is 1.71. The molecule has 0 heterocycles. The Hall–Kier alpha value is -1.26. The number of rotatable bonds is 7. The van der Waals surface area contributed by atoms with Crippen LogP contribution in [0.5, 0.6) is 11.5 Å². The maximum Gasteiger partial charge on any atom is 0.123 e. The fraction of sp³-hybridized carbons (Fsp3) is 0.600. The molecule has 0 unspecified atom stereocenters. The van der Waals surface area contributed by atoms with Crippen molar-refractivity contribution in [1.82, 2.24) is 4.90 Å². The van der Waals surface area contributed by atoms with Gasteiger partial charge in [0, 0.05) is 24.7 Å². The first-order chi connectivity index (χ1) is 9.28. The van der Waals surface area contributed by atoms with Crippen LogP contribution >= 0.6 is 0 Å². The van der Waals surface area contributed by atoms with Gasteiger partial charge in [-0.3, -0.25) is 4.90 Å². The molecule has 1 saturated carbocycles. The Labute approximate surface area is 114 Å². The van der Waals surface area contributed by atoms with Crippen LogP contribution in [0.3, 0.4) is 0 Å². The Morgan fingerprint density at radius 1 is 1.26 bits per heavy atom. The Morgan fingerprint density at radius 2 is 2.05 bits per heavy atom. The van der Waals surface area contributed by atoms with E-state index in [4.69, 9.17) is 9.47 Å². The van der Waals surface area contributed by atoms with Crippen molar-refractivity contribution in [3.63, 3.8) is 0 Å². The van der Waals surface area contributed by atoms with Crippen molar-refractivity contribution < 1.29 is 14.6 Å². The van der Waals surface area contributed by atoms with Crippen LogP contribution in [0.1, 0.15) is 24.8 Å². The van der Waals surface area contributed by atoms with E-state index in [1.807, 2.05) is 18.2 Å². The van der Waals surface area contributed by atoms with Gasteiger partial charge in [-0.1, -0.05) is 6.42 Å². The Bertz CT molecular complexity index is 404. The molecular weight excluding hydrogens is 242 g/mol. The summed E-state index contributed by atoms with van der Waals surface area (Å²) in [6.07, 6.45) is 3.75. The summed E-state index contributed by atoms with van der Waals surface area (Å²) in [5.74, 6) is 1.72. The van der Waals surface area contributed by atoms with Gasteiger partial charge in [-0.05, 0) is 31.0 Å². The third-order valence-electron chi connectivity index (χ3n) is 3.84. The van der Waals surface area contributed by atoms with Crippen LogP contribution in [0.25, 0.3) is 0 Å². The van der Waals surface area contributed by atoms with E-state index < -0.39 is 0 Å². The highest BCUT2D eigenvalue weighted by atomic mass is 16.5. The van der Waals surface area contributed by atoms with E-state index in [9.17, 15) is 5.11 Å². The number of aliphatic hydroxyl groups excluding tert-OH is 1. The smallest absolute Gasteiger partial charge is 0.123 e. The highest BCUT2D eigenvalue weighted by molar-refractivity contribution is 5.40. The zero-order valence-corrected chi connectivity index (χ0v) is 11.8. The molecule has 0 aliphatic heterocycles. The number of benzene rings is 1. The van der Waals surface area contributed by atoms with Crippen molar-refractivity contribution in [2.75, 3.05) is 27.4 Å². The third-order valence-corrected chi connectivity index (χ3v) is 3.84. The number of nitrogens with zero attached hydrogens (tertiary/aromatic N) is 1. The van der Waals surface area contributed by atoms with Crippen LogP contribution in [0.2, 0.25) is 0 Å². The lowest BCUT2D eigenvalue weighted by Crippen LogP contribution is -2.41. The lowest BCUT2D eigenvalue weighted by molar-refractivity contribution is 0.0936. The van der Waals surface area contributed by atoms with Crippen LogP contribution in [-0.2, 0) is 6.54 Å². The van der Waals surface area contributed by atoms with Crippen LogP contribution in [0.4, 0.5) is 0 Å². The van der Waals surface area contributed by atoms with Crippen LogP contribution in [0.15, 0.2) is 18.2 Å². The van der Waals surface area contributed by atoms with Gasteiger partial charge >= 0.3 is 0 Å². The molecule has 1 aromatic rings. The molecule has 106 valence electrons. The van der Waals surface area contributed by atoms with E-state index in [0.29, 0.717) is 12.6 Å². The first-order valence-electron chi connectivity index (χ1n) is 6.84. The van der Waals surface area contributed by atoms with Crippen molar-refractivity contribution >= 4 is 0 Å². The molecule has 1 aliphatic carbocycles. The first-order valence-corrected chi connectivity index (χ1v) is 6.84. The van der Waals surface area contributed by atoms with Crippen molar-refractivity contribution in [3.05, 3.63) is 23.8 Å². The number of aliphatic hydroxyl groups is 1. The molecule has 0 radical (unpaired) electrons. The molecule has 4 nitrogen and oxygen atoms in total. The summed E-state index contributed by atoms with van der Waals surface area (Å²) in [4.78, 5) is 2.33. The minimum absolute atomic E-state index is 0.197. The van der Waals surface area contributed by atoms with E-state index in [1.165, 1.54) is 19.3 Å². The highest BCUT2D eigenvalue weighted by Crippen LogP contribution is 2.30. The summed E-state index contributed by atoms with van der Waals surface area (Å²) in [7, 11) is 3.36. The van der Waals surface area contributed by atoms with Crippen molar-refractivity contribution in [1.29, 1.82) is 0 Å². The average molecular weight is 265 g/mol. The number of ether oxygens (including phenoxy) is 2. The van der Waals surface area contributed by atoms with E-state index in [-0.39, 0.29) is 6.61 Å². The number of hydrogen-bond donors (Lipinski definition) is 1. The van der Waals surface area contributed by atoms with Gasteiger partial charge in [-0.25, -0.2) is 0 Å². The first kappa shape index (κ1) is 14.2. The van der Waals surface area contributed by atoms with Gasteiger partial charge < -0.3 is 14.6 Å². The predicted octanol–water partition coefficient (Wildman–Crippen LogP) is 2.05. The van der Waals surface area contributed by atoms with Crippen molar-refractivity contribution in [2.24, 2.45) is 0 Å². The Morgan fingerprint density at radius 3 is 2.58 bits per heavy atom. The van der Waals surface area contributed by atoms with Gasteiger partial charge in [0.1, 0.15) is 11.5 Å². The maximum absolute atomic E-state index is 9.21. The molecule has 4 heteroatoms. The zero-order valence-electron chi connectivity index (χ0n) is 11.8. The number of hydrogen-bond acceptors (Lipinski definition) is 4. The molecule has 0 spiro atoms. The summed E-state index contributed by atoms with van der Waals surface area (Å²) in [5.41, 5.74) is 1.11. The summed E-state index contributed by atoms with van der Waals surface area (Å²) >= 11 is 0. The number of methoxy groups -OCH3 is 2. The minimum atomic E-state index is 0.197. The standard InChI is InChI=1S/C15H23NO3/c1-18-14-6-7-15(19-2)12(10-14)11-16(8-9-17)13-4-3-5-13/h6-7,10,13,17H,3-5,8-9,11H2,1-2H3. The third kappa shape index (κ3) is 3.39. The second-order valence-electron chi connectivity index (χ2n) is 4.96. The average Bonchev–Trinajstić information content (AvgIpc) is 2.37. The fourth-order valence-corrected chi connectivity index (χ4v) is 2.50. The summed E-state index contributed by atoms with van der Waals surface area (Å²) in [6, 6.07) is 6.46. The zero-order chi connectivity index (χ0) is 13.7. The molecule has 1 fully saturated rings. The van der Waals surface area contributed by atoms with Gasteiger partial charge in [0.2, 0.25) is 0 Å². The van der Waals surface area contributed by atoms with Crippen LogP contribution in [-0.4, -0.2) is 43.4 Å². The predicted molar refractivity (Wildman–Crippen MR) is 74.7 cm³/mol. The fourth-order valence-electron chi connectivity index (χ4n) is 2.50. The van der Waals surface area contributed by atoms with Gasteiger partial charge in [-0.2, -0.15) is 0 Å². The van der Waals surface area contributed by atoms with Gasteiger partial charge in [0.05, 0.1) is 20.8 Å². The maximum atomic E-state index is 9.21. The quantitative estimate of drug-likeness (QED) is 0.819. The molecule has 0 saturated heterocycles. The molecule has 1 N–H and O–H groups in total. The second-order valence-corrected chi connectivity index (χ2v) is 4.96. The van der Waals surface area contributed by atoms with E-state index >= 15 is 0 Å². The Kier molecular flexibility index (Phi) is 5.05. The van der Waals surface area contributed by atoms with E-state index in [0.717, 1.165) is 23.6 Å². The van der Waals surface area contributed by atoms with Gasteiger partial charge in [0.15, 0.2) is 0 Å². The molecular formula is C15H23NO3. The second kappa shape index (κ2) is 6.78. The van der Waals surface area contributed by atoms with E-state index in [2.05, 4.69) is 4.90 Å². The lowest BCUT2D eigenvalue weighted by atomic mass is 9.91. The summed E-state index contributed by atoms with van der Waals surface area (Å²) < 4.78 is 10.7. The molecule has 0 aromatic heterocycles. The van der Waals surface area contributed by atoms with Crippen LogP contribution in [0, 0.1) is 0 Å². The Balaban J connectivity index is 2.13. The van der Waals surface area contributed by atoms with Crippen LogP contribution < -0.4 is 9.47 Å². The topological polar surface area (TPSA) is 41.9 Å². The van der Waals surface area contributed by atoms with Crippen molar-refractivity contribution in [3.8, 4) is 11.5 Å². The molecule has 2 rings (SSSR count). The van der Waals surface area contributed by atoms with Crippen molar-refractivity contribution in [2.45, 2.75) is 31.8 Å². The lowest BCUT2D eigenvalue weighted by Gasteiger charge is -2.37. The molecule has 0 atom stereocenters. The highest BCUT2D eigenvalue weighted by Gasteiger charge is 2.25. The van der Waals surface area contributed by atoms with E-state index in [1.54, 1.807) is 14.2 Å².